The number of methoxy groups -OCH3 is 1. The van der Waals surface area contributed by atoms with E-state index in [0.717, 1.165) is 19.3 Å². The highest BCUT2D eigenvalue weighted by atomic mass is 16.5. The summed E-state index contributed by atoms with van der Waals surface area (Å²) in [5, 5.41) is 2.94. The minimum Gasteiger partial charge on any atom is -0.378 e. The number of hydrogen-bond donors (Lipinski definition) is 1. The number of amides is 2. The van der Waals surface area contributed by atoms with Crippen molar-refractivity contribution in [2.45, 2.75) is 50.3 Å². The normalized spacial score (nSPS) is 40.5. The van der Waals surface area contributed by atoms with Gasteiger partial charge < -0.3 is 19.7 Å². The number of nitrogens with zero attached hydrogens (tertiary/aromatic N) is 1. The third-order valence-electron chi connectivity index (χ3n) is 5.29. The summed E-state index contributed by atoms with van der Waals surface area (Å²) in [5.41, 5.74) is -1.23. The summed E-state index contributed by atoms with van der Waals surface area (Å²) < 4.78 is 11.1. The molecule has 3 aliphatic rings. The van der Waals surface area contributed by atoms with Crippen LogP contribution in [0.1, 0.15) is 33.1 Å². The van der Waals surface area contributed by atoms with Crippen LogP contribution in [-0.2, 0) is 19.1 Å². The summed E-state index contributed by atoms with van der Waals surface area (Å²) >= 11 is 0. The molecule has 2 aliphatic heterocycles. The van der Waals surface area contributed by atoms with Crippen LogP contribution in [0.4, 0.5) is 0 Å². The third kappa shape index (κ3) is 2.34. The predicted octanol–water partition coefficient (Wildman–Crippen LogP) is 0.308. The molecule has 2 saturated heterocycles. The summed E-state index contributed by atoms with van der Waals surface area (Å²) in [4.78, 5) is 26.9. The molecule has 21 heavy (non-hydrogen) atoms. The van der Waals surface area contributed by atoms with E-state index in [4.69, 9.17) is 9.47 Å². The first kappa shape index (κ1) is 14.8. The van der Waals surface area contributed by atoms with Crippen molar-refractivity contribution < 1.29 is 19.1 Å². The second kappa shape index (κ2) is 4.95. The van der Waals surface area contributed by atoms with Crippen molar-refractivity contribution in [3.8, 4) is 0 Å². The molecule has 3 rings (SSSR count). The highest BCUT2D eigenvalue weighted by Crippen LogP contribution is 2.42. The van der Waals surface area contributed by atoms with Gasteiger partial charge in [0, 0.05) is 20.1 Å². The molecule has 0 radical (unpaired) electrons. The lowest BCUT2D eigenvalue weighted by Gasteiger charge is -2.46. The van der Waals surface area contributed by atoms with Gasteiger partial charge >= 0.3 is 0 Å². The first-order valence-corrected chi connectivity index (χ1v) is 7.68. The van der Waals surface area contributed by atoms with Crippen LogP contribution in [0.5, 0.6) is 0 Å². The Balaban J connectivity index is 1.84. The number of ether oxygens (including phenoxy) is 2. The lowest BCUT2D eigenvalue weighted by atomic mass is 9.88. The van der Waals surface area contributed by atoms with Gasteiger partial charge in [-0.2, -0.15) is 0 Å². The molecule has 0 aromatic carbocycles. The molecule has 0 bridgehead atoms. The molecular formula is C15H24N2O4. The largest absolute Gasteiger partial charge is 0.378 e. The van der Waals surface area contributed by atoms with Crippen LogP contribution in [0.25, 0.3) is 0 Å². The van der Waals surface area contributed by atoms with Crippen molar-refractivity contribution in [3.63, 3.8) is 0 Å². The Morgan fingerprint density at radius 1 is 1.43 bits per heavy atom. The van der Waals surface area contributed by atoms with Crippen LogP contribution >= 0.6 is 0 Å². The average molecular weight is 296 g/mol. The van der Waals surface area contributed by atoms with E-state index >= 15 is 0 Å². The van der Waals surface area contributed by atoms with E-state index in [1.165, 1.54) is 0 Å². The van der Waals surface area contributed by atoms with Gasteiger partial charge in [-0.15, -0.1) is 0 Å². The molecule has 3 atom stereocenters. The Morgan fingerprint density at radius 2 is 2.14 bits per heavy atom. The summed E-state index contributed by atoms with van der Waals surface area (Å²) in [6.07, 6.45) is 2.76. The zero-order valence-electron chi connectivity index (χ0n) is 13.0. The monoisotopic (exact) mass is 296 g/mol. The first-order valence-electron chi connectivity index (χ1n) is 7.68. The zero-order valence-corrected chi connectivity index (χ0v) is 13.0. The molecule has 1 N–H and O–H groups in total. The molecule has 118 valence electrons. The van der Waals surface area contributed by atoms with Crippen molar-refractivity contribution >= 4 is 11.8 Å². The van der Waals surface area contributed by atoms with Gasteiger partial charge in [0.05, 0.1) is 13.2 Å². The lowest BCUT2D eigenvalue weighted by Crippen LogP contribution is -2.71. The molecule has 3 fully saturated rings. The molecule has 6 nitrogen and oxygen atoms in total. The van der Waals surface area contributed by atoms with Gasteiger partial charge in [-0.05, 0) is 32.6 Å². The maximum absolute atomic E-state index is 12.9. The van der Waals surface area contributed by atoms with E-state index in [1.54, 1.807) is 18.9 Å². The second-order valence-corrected chi connectivity index (χ2v) is 6.76. The molecule has 3 unspecified atom stereocenters. The van der Waals surface area contributed by atoms with Gasteiger partial charge in [-0.25, -0.2) is 0 Å². The highest BCUT2D eigenvalue weighted by molar-refractivity contribution is 5.99. The van der Waals surface area contributed by atoms with Crippen LogP contribution in [0.2, 0.25) is 0 Å². The van der Waals surface area contributed by atoms with Gasteiger partial charge in [0.1, 0.15) is 17.2 Å². The smallest absolute Gasteiger partial charge is 0.249 e. The van der Waals surface area contributed by atoms with Crippen molar-refractivity contribution in [3.05, 3.63) is 0 Å². The fraction of sp³-hybridized carbons (Fsp3) is 0.867. The van der Waals surface area contributed by atoms with Gasteiger partial charge in [0.25, 0.3) is 0 Å². The summed E-state index contributed by atoms with van der Waals surface area (Å²) in [5.74, 6) is 0.205. The van der Waals surface area contributed by atoms with E-state index in [-0.39, 0.29) is 17.7 Å². The molecule has 6 heteroatoms. The summed E-state index contributed by atoms with van der Waals surface area (Å²) in [6, 6.07) is -0.461. The van der Waals surface area contributed by atoms with E-state index in [1.807, 2.05) is 6.92 Å². The van der Waals surface area contributed by atoms with Crippen LogP contribution < -0.4 is 5.32 Å². The molecule has 2 heterocycles. The Bertz CT molecular complexity index is 457. The SMILES string of the molecule is COC1(CN2C(=O)C(C)(C3CC3)NC(=O)C2C)CCOC1. The molecule has 0 aromatic heterocycles. The standard InChI is InChI=1S/C15H24N2O4/c1-10-12(18)16-14(2,11-4-5-11)13(19)17(10)8-15(20-3)6-7-21-9-15/h10-11H,4-9H2,1-3H3,(H,16,18). The van der Waals surface area contributed by atoms with E-state index in [9.17, 15) is 9.59 Å². The van der Waals surface area contributed by atoms with E-state index in [0.29, 0.717) is 19.8 Å². The number of carbonyl (C=O) groups is 2. The lowest BCUT2D eigenvalue weighted by molar-refractivity contribution is -0.159. The van der Waals surface area contributed by atoms with Gasteiger partial charge in [0.2, 0.25) is 11.8 Å². The number of hydrogen-bond acceptors (Lipinski definition) is 4. The predicted molar refractivity (Wildman–Crippen MR) is 75.6 cm³/mol. The fourth-order valence-electron chi connectivity index (χ4n) is 3.42. The molecular weight excluding hydrogens is 272 g/mol. The van der Waals surface area contributed by atoms with Crippen LogP contribution in [0.3, 0.4) is 0 Å². The van der Waals surface area contributed by atoms with Crippen LogP contribution in [-0.4, -0.2) is 60.8 Å². The topological polar surface area (TPSA) is 67.9 Å². The number of carbonyl (C=O) groups excluding carboxylic acids is 2. The van der Waals surface area contributed by atoms with Crippen molar-refractivity contribution in [1.29, 1.82) is 0 Å². The Hall–Kier alpha value is -1.14. The van der Waals surface area contributed by atoms with Gasteiger partial charge in [-0.1, -0.05) is 0 Å². The maximum Gasteiger partial charge on any atom is 0.249 e. The highest BCUT2D eigenvalue weighted by Gasteiger charge is 2.55. The molecule has 2 amide bonds. The van der Waals surface area contributed by atoms with Crippen molar-refractivity contribution in [2.24, 2.45) is 5.92 Å². The number of piperazine rings is 1. The number of nitrogens with one attached hydrogen (secondary N) is 1. The Kier molecular flexibility index (Phi) is 3.48. The molecule has 1 saturated carbocycles. The molecule has 1 aliphatic carbocycles. The minimum absolute atomic E-state index is 0.0143. The third-order valence-corrected chi connectivity index (χ3v) is 5.29. The zero-order chi connectivity index (χ0) is 15.3. The number of rotatable bonds is 4. The fourth-order valence-corrected chi connectivity index (χ4v) is 3.42. The first-order chi connectivity index (χ1) is 9.92. The quantitative estimate of drug-likeness (QED) is 0.810. The van der Waals surface area contributed by atoms with E-state index in [2.05, 4.69) is 5.32 Å². The Morgan fingerprint density at radius 3 is 2.67 bits per heavy atom. The van der Waals surface area contributed by atoms with Crippen molar-refractivity contribution in [1.82, 2.24) is 10.2 Å². The van der Waals surface area contributed by atoms with Crippen molar-refractivity contribution in [2.75, 3.05) is 26.9 Å². The molecule has 0 aromatic rings. The minimum atomic E-state index is -0.752. The molecule has 0 spiro atoms. The summed E-state index contributed by atoms with van der Waals surface area (Å²) in [7, 11) is 1.65. The maximum atomic E-state index is 12.9. The van der Waals surface area contributed by atoms with E-state index < -0.39 is 17.2 Å². The second-order valence-electron chi connectivity index (χ2n) is 6.76. The van der Waals surface area contributed by atoms with Gasteiger partial charge in [0.15, 0.2) is 0 Å². The van der Waals surface area contributed by atoms with Gasteiger partial charge in [-0.3, -0.25) is 9.59 Å². The Labute approximate surface area is 125 Å². The average Bonchev–Trinajstić information content (AvgIpc) is 3.23. The summed E-state index contributed by atoms with van der Waals surface area (Å²) in [6.45, 7) is 5.16. The van der Waals surface area contributed by atoms with Crippen LogP contribution in [0, 0.1) is 5.92 Å². The van der Waals surface area contributed by atoms with Crippen LogP contribution in [0.15, 0.2) is 0 Å².